The number of urea groups is 1. The summed E-state index contributed by atoms with van der Waals surface area (Å²) in [5.41, 5.74) is 4.06. The second-order valence-electron chi connectivity index (χ2n) is 9.40. The molecular weight excluding hydrogens is 520 g/mol. The van der Waals surface area contributed by atoms with Crippen LogP contribution in [0.4, 0.5) is 4.79 Å². The molecule has 0 radical (unpaired) electrons. The predicted octanol–water partition coefficient (Wildman–Crippen LogP) is 5.47. The van der Waals surface area contributed by atoms with Crippen molar-refractivity contribution in [2.75, 3.05) is 13.6 Å². The van der Waals surface area contributed by atoms with Crippen molar-refractivity contribution < 1.29 is 9.59 Å². The predicted molar refractivity (Wildman–Crippen MR) is 150 cm³/mol. The second kappa shape index (κ2) is 14.8. The lowest BCUT2D eigenvalue weighted by atomic mass is 10.1. The van der Waals surface area contributed by atoms with E-state index in [1.807, 2.05) is 41.3 Å². The molecule has 0 bridgehead atoms. The zero-order chi connectivity index (χ0) is 25.8. The highest BCUT2D eigenvalue weighted by atomic mass is 79.9. The molecule has 3 amide bonds. The average molecular weight is 560 g/mol. The number of guanidine groups is 1. The molecule has 2 atom stereocenters. The fourth-order valence-electron chi connectivity index (χ4n) is 4.53. The number of allylic oxidation sites excluding steroid dienone is 1. The van der Waals surface area contributed by atoms with Crippen LogP contribution in [0.1, 0.15) is 76.7 Å². The number of nitrogens with zero attached hydrogens (tertiary/aromatic N) is 4. The van der Waals surface area contributed by atoms with E-state index in [2.05, 4.69) is 43.7 Å². The first-order chi connectivity index (χ1) is 17.5. The van der Waals surface area contributed by atoms with Gasteiger partial charge >= 0.3 is 6.03 Å². The number of carbonyl (C=O) groups is 2. The van der Waals surface area contributed by atoms with Crippen LogP contribution in [0, 0.1) is 0 Å². The van der Waals surface area contributed by atoms with Crippen molar-refractivity contribution in [2.24, 2.45) is 10.1 Å². The molecule has 1 aromatic rings. The normalized spacial score (nSPS) is 20.1. The highest BCUT2D eigenvalue weighted by Crippen LogP contribution is 2.24. The van der Waals surface area contributed by atoms with Crippen molar-refractivity contribution in [2.45, 2.75) is 83.3 Å². The monoisotopic (exact) mass is 558 g/mol. The van der Waals surface area contributed by atoms with Gasteiger partial charge in [-0.15, -0.1) is 0 Å². The molecule has 1 fully saturated rings. The number of hydrogen-bond donors (Lipinski definition) is 2. The van der Waals surface area contributed by atoms with Crippen LogP contribution in [0.25, 0.3) is 6.08 Å². The molecule has 2 aliphatic rings. The average Bonchev–Trinajstić information content (AvgIpc) is 3.23. The number of carbonyl (C=O) groups excluding carboxylic acids is 2. The van der Waals surface area contributed by atoms with Crippen LogP contribution in [-0.4, -0.2) is 59.7 Å². The summed E-state index contributed by atoms with van der Waals surface area (Å²) in [5, 5.41) is 6.77. The Morgan fingerprint density at radius 3 is 2.36 bits per heavy atom. The molecule has 0 aliphatic carbocycles. The van der Waals surface area contributed by atoms with Gasteiger partial charge < -0.3 is 9.80 Å². The van der Waals surface area contributed by atoms with E-state index in [0.29, 0.717) is 12.5 Å². The molecule has 2 heterocycles. The number of hydrazone groups is 1. The molecule has 9 heteroatoms. The van der Waals surface area contributed by atoms with Crippen LogP contribution >= 0.6 is 15.9 Å². The number of halogens is 1. The Hall–Kier alpha value is -2.68. The van der Waals surface area contributed by atoms with Gasteiger partial charge in [0.15, 0.2) is 12.2 Å². The topological polar surface area (TPSA) is 89.4 Å². The Labute approximate surface area is 223 Å². The van der Waals surface area contributed by atoms with Gasteiger partial charge in [-0.2, -0.15) is 5.10 Å². The fraction of sp³-hybridized carbons (Fsp3) is 0.556. The Morgan fingerprint density at radius 2 is 1.69 bits per heavy atom. The van der Waals surface area contributed by atoms with E-state index in [4.69, 9.17) is 0 Å². The smallest absolute Gasteiger partial charge is 0.325 e. The Morgan fingerprint density at radius 1 is 1.06 bits per heavy atom. The summed E-state index contributed by atoms with van der Waals surface area (Å²) in [4.78, 5) is 32.9. The number of nitrogens with one attached hydrogen (secondary N) is 2. The maximum absolute atomic E-state index is 12.7. The van der Waals surface area contributed by atoms with Gasteiger partial charge in [0, 0.05) is 18.1 Å². The van der Waals surface area contributed by atoms with E-state index in [1.165, 1.54) is 56.3 Å². The number of likely N-dealkylation sites (N-methyl/N-ethyl adjacent to an activating group) is 1. The molecule has 2 N–H and O–H groups in total. The first-order valence-electron chi connectivity index (χ1n) is 13.1. The minimum absolute atomic E-state index is 0.315. The lowest BCUT2D eigenvalue weighted by Crippen LogP contribution is -2.64. The number of unbranched alkanes of at least 4 members (excludes halogenated alkanes) is 9. The van der Waals surface area contributed by atoms with Gasteiger partial charge in [0.25, 0.3) is 5.91 Å². The first kappa shape index (κ1) is 27.9. The van der Waals surface area contributed by atoms with Crippen molar-refractivity contribution in [3.05, 3.63) is 40.4 Å². The van der Waals surface area contributed by atoms with E-state index < -0.39 is 18.2 Å². The molecule has 8 nitrogen and oxygen atoms in total. The quantitative estimate of drug-likeness (QED) is 0.180. The molecule has 196 valence electrons. The van der Waals surface area contributed by atoms with Crippen molar-refractivity contribution >= 4 is 46.1 Å². The third-order valence-corrected chi connectivity index (χ3v) is 7.00. The molecule has 1 aromatic carbocycles. The number of imide groups is 1. The van der Waals surface area contributed by atoms with Gasteiger partial charge in [-0.1, -0.05) is 95.0 Å². The summed E-state index contributed by atoms with van der Waals surface area (Å²) in [6.07, 6.45) is 15.5. The van der Waals surface area contributed by atoms with E-state index in [1.54, 1.807) is 13.3 Å². The number of hydrogen-bond acceptors (Lipinski definition) is 6. The van der Waals surface area contributed by atoms with Crippen molar-refractivity contribution in [3.8, 4) is 0 Å². The highest BCUT2D eigenvalue weighted by molar-refractivity contribution is 9.12. The summed E-state index contributed by atoms with van der Waals surface area (Å²) in [6.45, 7) is 2.92. The SMILES string of the molecule is CCCCCCCCCCCCN1C(N/N=C\C(Br)=C\c2ccccc2)=NC2C1C(=O)NC(=O)N2C. The largest absolute Gasteiger partial charge is 0.326 e. The summed E-state index contributed by atoms with van der Waals surface area (Å²) in [5.74, 6) is 0.193. The van der Waals surface area contributed by atoms with Crippen LogP contribution in [0.15, 0.2) is 44.9 Å². The minimum atomic E-state index is -0.560. The molecule has 36 heavy (non-hydrogen) atoms. The Kier molecular flexibility index (Phi) is 11.5. The van der Waals surface area contributed by atoms with E-state index in [-0.39, 0.29) is 5.91 Å². The molecule has 1 saturated heterocycles. The number of rotatable bonds is 14. The van der Waals surface area contributed by atoms with Gasteiger partial charge in [-0.3, -0.25) is 10.1 Å². The van der Waals surface area contributed by atoms with E-state index in [0.717, 1.165) is 22.9 Å². The van der Waals surface area contributed by atoms with Gasteiger partial charge in [-0.05, 0) is 34.0 Å². The van der Waals surface area contributed by atoms with Crippen molar-refractivity contribution in [1.29, 1.82) is 0 Å². The Balaban J connectivity index is 1.54. The standard InChI is InChI=1S/C27H39BrN6O2/c1-3-4-5-6-7-8-9-10-11-15-18-34-23-24(33(2)27(36)31-25(23)35)30-26(34)32-29-20-22(28)19-21-16-13-12-14-17-21/h12-14,16-17,19-20,23-24H,3-11,15,18H2,1-2H3,(H,30,32)(H,31,35,36)/b22-19-,29-20-. The van der Waals surface area contributed by atoms with Gasteiger partial charge in [0.05, 0.1) is 6.21 Å². The number of aliphatic imine (C=N–C) groups is 1. The maximum atomic E-state index is 12.7. The lowest BCUT2D eigenvalue weighted by Gasteiger charge is -2.36. The summed E-state index contributed by atoms with van der Waals surface area (Å²) >= 11 is 3.52. The van der Waals surface area contributed by atoms with Crippen LogP contribution in [0.2, 0.25) is 0 Å². The molecule has 2 aliphatic heterocycles. The van der Waals surface area contributed by atoms with Crippen molar-refractivity contribution in [1.82, 2.24) is 20.5 Å². The minimum Gasteiger partial charge on any atom is -0.326 e. The van der Waals surface area contributed by atoms with Crippen LogP contribution in [-0.2, 0) is 4.79 Å². The highest BCUT2D eigenvalue weighted by Gasteiger charge is 2.48. The molecule has 2 unspecified atom stereocenters. The molecular formula is C27H39BrN6O2. The third kappa shape index (κ3) is 8.18. The Bertz CT molecular complexity index is 949. The number of benzene rings is 1. The maximum Gasteiger partial charge on any atom is 0.325 e. The summed E-state index contributed by atoms with van der Waals surface area (Å²) in [6, 6.07) is 8.96. The van der Waals surface area contributed by atoms with E-state index >= 15 is 0 Å². The van der Waals surface area contributed by atoms with E-state index in [9.17, 15) is 9.59 Å². The zero-order valence-corrected chi connectivity index (χ0v) is 23.0. The van der Waals surface area contributed by atoms with Crippen LogP contribution < -0.4 is 10.7 Å². The number of fused-ring (bicyclic) bond motifs is 1. The fourth-order valence-corrected chi connectivity index (χ4v) is 4.90. The van der Waals surface area contributed by atoms with Gasteiger partial charge in [-0.25, -0.2) is 15.2 Å². The molecule has 3 rings (SSSR count). The summed E-state index contributed by atoms with van der Waals surface area (Å²) < 4.78 is 0.795. The van der Waals surface area contributed by atoms with Crippen molar-refractivity contribution in [3.63, 3.8) is 0 Å². The third-order valence-electron chi connectivity index (χ3n) is 6.57. The second-order valence-corrected chi connectivity index (χ2v) is 10.3. The zero-order valence-electron chi connectivity index (χ0n) is 21.5. The van der Waals surface area contributed by atoms with Gasteiger partial charge in [0.2, 0.25) is 5.96 Å². The lowest BCUT2D eigenvalue weighted by molar-refractivity contribution is -0.127. The first-order valence-corrected chi connectivity index (χ1v) is 13.9. The molecule has 0 aromatic heterocycles. The number of amides is 3. The van der Waals surface area contributed by atoms with Crippen LogP contribution in [0.5, 0.6) is 0 Å². The molecule has 0 saturated carbocycles. The summed E-state index contributed by atoms with van der Waals surface area (Å²) in [7, 11) is 1.66. The van der Waals surface area contributed by atoms with Gasteiger partial charge in [0.1, 0.15) is 0 Å². The molecule has 0 spiro atoms. The van der Waals surface area contributed by atoms with Crippen LogP contribution in [0.3, 0.4) is 0 Å².